The Morgan fingerprint density at radius 2 is 2.10 bits per heavy atom. The molecule has 4 aromatic rings. The number of benzene rings is 2. The van der Waals surface area contributed by atoms with E-state index in [-0.39, 0.29) is 29.9 Å². The van der Waals surface area contributed by atoms with E-state index in [9.17, 15) is 9.18 Å². The monoisotopic (exact) mass is 422 g/mol. The molecule has 0 aliphatic heterocycles. The van der Waals surface area contributed by atoms with E-state index < -0.39 is 5.82 Å². The second-order valence-corrected chi connectivity index (χ2v) is 7.60. The molecule has 8 nitrogen and oxygen atoms in total. The van der Waals surface area contributed by atoms with Crippen molar-refractivity contribution in [2.75, 3.05) is 6.61 Å². The molecule has 2 N–H and O–H groups in total. The van der Waals surface area contributed by atoms with Crippen LogP contribution in [-0.4, -0.2) is 43.5 Å². The van der Waals surface area contributed by atoms with Gasteiger partial charge in [-0.1, -0.05) is 6.07 Å². The van der Waals surface area contributed by atoms with Crippen LogP contribution in [0.5, 0.6) is 5.75 Å². The first-order chi connectivity index (χ1) is 14.9. The van der Waals surface area contributed by atoms with Crippen LogP contribution in [0.3, 0.4) is 0 Å². The lowest BCUT2D eigenvalue weighted by Gasteiger charge is -2.10. The molecule has 9 heteroatoms. The largest absolute Gasteiger partial charge is 0.484 e. The molecule has 0 aliphatic rings. The summed E-state index contributed by atoms with van der Waals surface area (Å²) in [7, 11) is 1.78. The highest BCUT2D eigenvalue weighted by Crippen LogP contribution is 2.25. The Bertz CT molecular complexity index is 1230. The molecule has 4 rings (SSSR count). The van der Waals surface area contributed by atoms with Crippen molar-refractivity contribution >= 4 is 16.8 Å². The third-order valence-corrected chi connectivity index (χ3v) is 4.72. The van der Waals surface area contributed by atoms with Crippen molar-refractivity contribution in [3.05, 3.63) is 59.8 Å². The minimum atomic E-state index is -0.515. The molecule has 2 heterocycles. The maximum atomic E-state index is 14.7. The predicted octanol–water partition coefficient (Wildman–Crippen LogP) is 2.99. The molecule has 0 fully saturated rings. The van der Waals surface area contributed by atoms with Gasteiger partial charge in [0.05, 0.1) is 17.3 Å². The van der Waals surface area contributed by atoms with Crippen LogP contribution in [0.1, 0.15) is 25.2 Å². The third kappa shape index (κ3) is 4.71. The SMILES string of the molecule is CC(C)NC(=O)COc1ccc(-c2nc(Cc3ccc4[nH]ncc4c3)n(C)n2)c(F)c1. The van der Waals surface area contributed by atoms with Gasteiger partial charge in [-0.3, -0.25) is 14.6 Å². The summed E-state index contributed by atoms with van der Waals surface area (Å²) in [5, 5.41) is 15.1. The summed E-state index contributed by atoms with van der Waals surface area (Å²) in [5.41, 5.74) is 2.29. The van der Waals surface area contributed by atoms with Crippen LogP contribution in [-0.2, 0) is 18.3 Å². The molecule has 31 heavy (non-hydrogen) atoms. The number of aryl methyl sites for hydroxylation is 1. The Hall–Kier alpha value is -3.75. The van der Waals surface area contributed by atoms with Gasteiger partial charge in [-0.05, 0) is 43.7 Å². The van der Waals surface area contributed by atoms with Gasteiger partial charge in [0.2, 0.25) is 0 Å². The predicted molar refractivity (Wildman–Crippen MR) is 114 cm³/mol. The van der Waals surface area contributed by atoms with Crippen LogP contribution in [0.4, 0.5) is 4.39 Å². The summed E-state index contributed by atoms with van der Waals surface area (Å²) < 4.78 is 21.7. The summed E-state index contributed by atoms with van der Waals surface area (Å²) in [5.74, 6) is 0.499. The quantitative estimate of drug-likeness (QED) is 0.477. The van der Waals surface area contributed by atoms with Crippen LogP contribution in [0.25, 0.3) is 22.3 Å². The van der Waals surface area contributed by atoms with Crippen molar-refractivity contribution in [1.82, 2.24) is 30.3 Å². The zero-order chi connectivity index (χ0) is 22.0. The van der Waals surface area contributed by atoms with Gasteiger partial charge in [-0.25, -0.2) is 9.37 Å². The molecule has 0 unspecified atom stereocenters. The summed E-state index contributed by atoms with van der Waals surface area (Å²) in [6, 6.07) is 10.4. The number of rotatable bonds is 7. The molecule has 0 saturated carbocycles. The lowest BCUT2D eigenvalue weighted by Crippen LogP contribution is -2.34. The number of hydrogen-bond acceptors (Lipinski definition) is 5. The molecule has 0 radical (unpaired) electrons. The first-order valence-electron chi connectivity index (χ1n) is 9.93. The number of H-pyrrole nitrogens is 1. The zero-order valence-corrected chi connectivity index (χ0v) is 17.5. The number of ether oxygens (including phenoxy) is 1. The zero-order valence-electron chi connectivity index (χ0n) is 17.5. The van der Waals surface area contributed by atoms with Crippen molar-refractivity contribution in [3.8, 4) is 17.1 Å². The van der Waals surface area contributed by atoms with E-state index in [0.29, 0.717) is 18.1 Å². The highest BCUT2D eigenvalue weighted by Gasteiger charge is 2.15. The van der Waals surface area contributed by atoms with Gasteiger partial charge in [0.1, 0.15) is 17.4 Å². The van der Waals surface area contributed by atoms with Gasteiger partial charge in [0.15, 0.2) is 12.4 Å². The minimum Gasteiger partial charge on any atom is -0.484 e. The maximum absolute atomic E-state index is 14.7. The Balaban J connectivity index is 1.48. The fourth-order valence-corrected chi connectivity index (χ4v) is 3.25. The average molecular weight is 422 g/mol. The molecule has 1 amide bonds. The van der Waals surface area contributed by atoms with Gasteiger partial charge in [-0.15, -0.1) is 0 Å². The Kier molecular flexibility index (Phi) is 5.66. The van der Waals surface area contributed by atoms with Gasteiger partial charge >= 0.3 is 0 Å². The van der Waals surface area contributed by atoms with Crippen molar-refractivity contribution in [2.24, 2.45) is 7.05 Å². The summed E-state index contributed by atoms with van der Waals surface area (Å²) in [4.78, 5) is 16.2. The van der Waals surface area contributed by atoms with Crippen LogP contribution in [0, 0.1) is 5.82 Å². The molecule has 2 aromatic heterocycles. The topological polar surface area (TPSA) is 97.7 Å². The summed E-state index contributed by atoms with van der Waals surface area (Å²) in [6.07, 6.45) is 2.32. The number of carbonyl (C=O) groups is 1. The van der Waals surface area contributed by atoms with E-state index in [4.69, 9.17) is 4.74 Å². The van der Waals surface area contributed by atoms with Crippen LogP contribution < -0.4 is 10.1 Å². The molecule has 0 bridgehead atoms. The lowest BCUT2D eigenvalue weighted by atomic mass is 10.1. The number of aromatic amines is 1. The van der Waals surface area contributed by atoms with Gasteiger partial charge in [0.25, 0.3) is 5.91 Å². The number of nitrogens with zero attached hydrogens (tertiary/aromatic N) is 4. The molecule has 160 valence electrons. The molecular formula is C22H23FN6O2. The van der Waals surface area contributed by atoms with E-state index in [1.54, 1.807) is 30.1 Å². The Morgan fingerprint density at radius 1 is 1.26 bits per heavy atom. The van der Waals surface area contributed by atoms with Crippen LogP contribution >= 0.6 is 0 Å². The molecule has 0 spiro atoms. The highest BCUT2D eigenvalue weighted by molar-refractivity contribution is 5.78. The van der Waals surface area contributed by atoms with Gasteiger partial charge in [0, 0.05) is 31.0 Å². The normalized spacial score (nSPS) is 11.3. The van der Waals surface area contributed by atoms with E-state index in [2.05, 4.69) is 25.6 Å². The molecule has 0 atom stereocenters. The molecular weight excluding hydrogens is 399 g/mol. The standard InChI is InChI=1S/C22H23FN6O2/c1-13(2)25-21(30)12-31-16-5-6-17(18(23)10-16)22-26-20(29(3)28-22)9-14-4-7-19-15(8-14)11-24-27-19/h4-8,10-11,13H,9,12H2,1-3H3,(H,24,27)(H,25,30). The van der Waals surface area contributed by atoms with E-state index in [1.807, 2.05) is 32.0 Å². The second-order valence-electron chi connectivity index (χ2n) is 7.60. The minimum absolute atomic E-state index is 0.0150. The number of carbonyl (C=O) groups excluding carboxylic acids is 1. The maximum Gasteiger partial charge on any atom is 0.258 e. The van der Waals surface area contributed by atoms with Gasteiger partial charge in [-0.2, -0.15) is 10.2 Å². The lowest BCUT2D eigenvalue weighted by molar-refractivity contribution is -0.123. The number of nitrogens with one attached hydrogen (secondary N) is 2. The van der Waals surface area contributed by atoms with E-state index >= 15 is 0 Å². The van der Waals surface area contributed by atoms with Gasteiger partial charge < -0.3 is 10.1 Å². The fraction of sp³-hybridized carbons (Fsp3) is 0.273. The first kappa shape index (κ1) is 20.5. The fourth-order valence-electron chi connectivity index (χ4n) is 3.25. The Labute approximate surface area is 178 Å². The van der Waals surface area contributed by atoms with Crippen LogP contribution in [0.15, 0.2) is 42.6 Å². The summed E-state index contributed by atoms with van der Waals surface area (Å²) in [6.45, 7) is 3.54. The van der Waals surface area contributed by atoms with Crippen LogP contribution in [0.2, 0.25) is 0 Å². The average Bonchev–Trinajstić information content (AvgIpc) is 3.32. The number of halogens is 1. The van der Waals surface area contributed by atoms with E-state index in [1.165, 1.54) is 6.07 Å². The molecule has 0 aliphatic carbocycles. The van der Waals surface area contributed by atoms with Crippen molar-refractivity contribution in [2.45, 2.75) is 26.3 Å². The molecule has 2 aromatic carbocycles. The number of amides is 1. The molecule has 0 saturated heterocycles. The second kappa shape index (κ2) is 8.55. The van der Waals surface area contributed by atoms with Crippen molar-refractivity contribution < 1.29 is 13.9 Å². The number of aromatic nitrogens is 5. The smallest absolute Gasteiger partial charge is 0.258 e. The third-order valence-electron chi connectivity index (χ3n) is 4.72. The number of fused-ring (bicyclic) bond motifs is 1. The summed E-state index contributed by atoms with van der Waals surface area (Å²) >= 11 is 0. The highest BCUT2D eigenvalue weighted by atomic mass is 19.1. The number of hydrogen-bond donors (Lipinski definition) is 2. The van der Waals surface area contributed by atoms with Crippen molar-refractivity contribution in [1.29, 1.82) is 0 Å². The Morgan fingerprint density at radius 3 is 2.87 bits per heavy atom. The first-order valence-corrected chi connectivity index (χ1v) is 9.93. The van der Waals surface area contributed by atoms with E-state index in [0.717, 1.165) is 16.5 Å². The van der Waals surface area contributed by atoms with Crippen molar-refractivity contribution in [3.63, 3.8) is 0 Å².